The number of amides is 1. The smallest absolute Gasteiger partial charge is 0.274 e. The van der Waals surface area contributed by atoms with Crippen LogP contribution < -0.4 is 9.64 Å². The quantitative estimate of drug-likeness (QED) is 0.864. The van der Waals surface area contributed by atoms with E-state index >= 15 is 0 Å². The van der Waals surface area contributed by atoms with Gasteiger partial charge in [0.1, 0.15) is 0 Å². The average Bonchev–Trinajstić information content (AvgIpc) is 2.63. The third kappa shape index (κ3) is 3.32. The second kappa shape index (κ2) is 6.86. The Balaban J connectivity index is 1.65. The van der Waals surface area contributed by atoms with E-state index in [9.17, 15) is 4.79 Å². The van der Waals surface area contributed by atoms with Crippen molar-refractivity contribution in [2.45, 2.75) is 13.8 Å². The monoisotopic (exact) mass is 326 g/mol. The van der Waals surface area contributed by atoms with E-state index in [-0.39, 0.29) is 5.91 Å². The molecule has 1 aliphatic rings. The number of benzene rings is 1. The lowest BCUT2D eigenvalue weighted by Gasteiger charge is -2.36. The molecule has 1 aromatic carbocycles. The molecule has 0 atom stereocenters. The summed E-state index contributed by atoms with van der Waals surface area (Å²) in [5.41, 5.74) is 4.13. The van der Waals surface area contributed by atoms with Crippen LogP contribution in [0.5, 0.6) is 5.88 Å². The van der Waals surface area contributed by atoms with Gasteiger partial charge in [-0.05, 0) is 37.1 Å². The summed E-state index contributed by atoms with van der Waals surface area (Å²) in [7, 11) is 1.53. The molecule has 0 saturated carbocycles. The SMILES string of the molecule is COc1ccc(C(=O)N2CCN(c3cc(C)ccc3C)CC2)nn1. The molecule has 0 N–H and O–H groups in total. The van der Waals surface area contributed by atoms with Crippen LogP contribution in [0.15, 0.2) is 30.3 Å². The minimum atomic E-state index is -0.0780. The second-order valence-corrected chi connectivity index (χ2v) is 6.03. The number of anilines is 1. The fourth-order valence-electron chi connectivity index (χ4n) is 2.92. The molecule has 1 fully saturated rings. The molecule has 24 heavy (non-hydrogen) atoms. The number of carbonyl (C=O) groups excluding carboxylic acids is 1. The van der Waals surface area contributed by atoms with Gasteiger partial charge in [0.2, 0.25) is 5.88 Å². The molecule has 0 radical (unpaired) electrons. The van der Waals surface area contributed by atoms with E-state index < -0.39 is 0 Å². The third-order valence-corrected chi connectivity index (χ3v) is 4.34. The van der Waals surface area contributed by atoms with Gasteiger partial charge in [-0.3, -0.25) is 4.79 Å². The summed E-state index contributed by atoms with van der Waals surface area (Å²) in [4.78, 5) is 16.7. The van der Waals surface area contributed by atoms with E-state index in [1.54, 1.807) is 12.1 Å². The van der Waals surface area contributed by atoms with Gasteiger partial charge in [-0.2, -0.15) is 0 Å². The van der Waals surface area contributed by atoms with Gasteiger partial charge in [0.15, 0.2) is 5.69 Å². The maximum atomic E-state index is 12.5. The van der Waals surface area contributed by atoms with Gasteiger partial charge >= 0.3 is 0 Å². The van der Waals surface area contributed by atoms with Crippen molar-refractivity contribution in [1.82, 2.24) is 15.1 Å². The molecule has 2 aromatic rings. The van der Waals surface area contributed by atoms with Crippen LogP contribution in [0.4, 0.5) is 5.69 Å². The van der Waals surface area contributed by atoms with E-state index in [4.69, 9.17) is 4.74 Å². The van der Waals surface area contributed by atoms with Crippen molar-refractivity contribution in [2.24, 2.45) is 0 Å². The summed E-state index contributed by atoms with van der Waals surface area (Å²) < 4.78 is 4.97. The van der Waals surface area contributed by atoms with Gasteiger partial charge in [0.25, 0.3) is 5.91 Å². The summed E-state index contributed by atoms with van der Waals surface area (Å²) >= 11 is 0. The third-order valence-electron chi connectivity index (χ3n) is 4.34. The fourth-order valence-corrected chi connectivity index (χ4v) is 2.92. The van der Waals surface area contributed by atoms with Gasteiger partial charge in [-0.25, -0.2) is 0 Å². The lowest BCUT2D eigenvalue weighted by molar-refractivity contribution is 0.0739. The summed E-state index contributed by atoms with van der Waals surface area (Å²) in [6.07, 6.45) is 0. The first-order chi connectivity index (χ1) is 11.6. The first kappa shape index (κ1) is 16.2. The van der Waals surface area contributed by atoms with Crippen molar-refractivity contribution in [2.75, 3.05) is 38.2 Å². The molecule has 6 nitrogen and oxygen atoms in total. The zero-order valence-corrected chi connectivity index (χ0v) is 14.3. The number of methoxy groups -OCH3 is 1. The van der Waals surface area contributed by atoms with Crippen LogP contribution in [0.25, 0.3) is 0 Å². The fraction of sp³-hybridized carbons (Fsp3) is 0.389. The first-order valence-electron chi connectivity index (χ1n) is 8.07. The molecule has 0 bridgehead atoms. The van der Waals surface area contributed by atoms with Crippen LogP contribution in [-0.4, -0.2) is 54.3 Å². The zero-order chi connectivity index (χ0) is 17.1. The summed E-state index contributed by atoms with van der Waals surface area (Å²) in [5, 5.41) is 7.81. The van der Waals surface area contributed by atoms with E-state index in [1.807, 2.05) is 4.90 Å². The predicted octanol–water partition coefficient (Wildman–Crippen LogP) is 2.06. The molecular weight excluding hydrogens is 304 g/mol. The molecule has 126 valence electrons. The molecule has 0 unspecified atom stereocenters. The van der Waals surface area contributed by atoms with Crippen molar-refractivity contribution in [3.8, 4) is 5.88 Å². The van der Waals surface area contributed by atoms with E-state index in [2.05, 4.69) is 47.1 Å². The molecule has 6 heteroatoms. The molecule has 2 heterocycles. The largest absolute Gasteiger partial charge is 0.480 e. The Kier molecular flexibility index (Phi) is 4.64. The number of aryl methyl sites for hydroxylation is 2. The highest BCUT2D eigenvalue weighted by atomic mass is 16.5. The number of aromatic nitrogens is 2. The number of nitrogens with zero attached hydrogens (tertiary/aromatic N) is 4. The van der Waals surface area contributed by atoms with Crippen LogP contribution in [0.3, 0.4) is 0 Å². The van der Waals surface area contributed by atoms with Crippen LogP contribution in [0, 0.1) is 13.8 Å². The second-order valence-electron chi connectivity index (χ2n) is 6.03. The maximum absolute atomic E-state index is 12.5. The summed E-state index contributed by atoms with van der Waals surface area (Å²) in [6.45, 7) is 7.23. The Hall–Kier alpha value is -2.63. The molecule has 0 aliphatic carbocycles. The minimum absolute atomic E-state index is 0.0780. The Morgan fingerprint density at radius 2 is 1.79 bits per heavy atom. The molecule has 0 spiro atoms. The van der Waals surface area contributed by atoms with Crippen molar-refractivity contribution in [3.63, 3.8) is 0 Å². The number of carbonyl (C=O) groups is 1. The standard InChI is InChI=1S/C18H22N4O2/c1-13-4-5-14(2)16(12-13)21-8-10-22(11-9-21)18(23)15-6-7-17(24-3)20-19-15/h4-7,12H,8-11H2,1-3H3. The molecule has 1 amide bonds. The van der Waals surface area contributed by atoms with Crippen LogP contribution in [-0.2, 0) is 0 Å². The van der Waals surface area contributed by atoms with Gasteiger partial charge < -0.3 is 14.5 Å². The highest BCUT2D eigenvalue weighted by molar-refractivity contribution is 5.92. The van der Waals surface area contributed by atoms with Crippen LogP contribution in [0.1, 0.15) is 21.6 Å². The van der Waals surface area contributed by atoms with Crippen molar-refractivity contribution in [3.05, 3.63) is 47.2 Å². The van der Waals surface area contributed by atoms with E-state index in [0.29, 0.717) is 24.7 Å². The number of rotatable bonds is 3. The Bertz CT molecular complexity index is 722. The zero-order valence-electron chi connectivity index (χ0n) is 14.3. The van der Waals surface area contributed by atoms with Crippen molar-refractivity contribution >= 4 is 11.6 Å². The van der Waals surface area contributed by atoms with Gasteiger partial charge in [0, 0.05) is 37.9 Å². The lowest BCUT2D eigenvalue weighted by atomic mass is 10.1. The van der Waals surface area contributed by atoms with Crippen molar-refractivity contribution < 1.29 is 9.53 Å². The summed E-state index contributed by atoms with van der Waals surface area (Å²) in [6, 6.07) is 9.80. The first-order valence-corrected chi connectivity index (χ1v) is 8.07. The van der Waals surface area contributed by atoms with E-state index in [0.717, 1.165) is 13.1 Å². The van der Waals surface area contributed by atoms with Crippen LogP contribution in [0.2, 0.25) is 0 Å². The topological polar surface area (TPSA) is 58.6 Å². The highest BCUT2D eigenvalue weighted by Gasteiger charge is 2.24. The van der Waals surface area contributed by atoms with E-state index in [1.165, 1.54) is 23.9 Å². The molecule has 1 saturated heterocycles. The van der Waals surface area contributed by atoms with Gasteiger partial charge in [-0.15, -0.1) is 10.2 Å². The Morgan fingerprint density at radius 1 is 1.04 bits per heavy atom. The molecule has 1 aromatic heterocycles. The van der Waals surface area contributed by atoms with Gasteiger partial charge in [0.05, 0.1) is 7.11 Å². The number of hydrogen-bond acceptors (Lipinski definition) is 5. The highest BCUT2D eigenvalue weighted by Crippen LogP contribution is 2.23. The summed E-state index contributed by atoms with van der Waals surface area (Å²) in [5.74, 6) is 0.331. The number of piperazine rings is 1. The average molecular weight is 326 g/mol. The Morgan fingerprint density at radius 3 is 2.42 bits per heavy atom. The maximum Gasteiger partial charge on any atom is 0.274 e. The van der Waals surface area contributed by atoms with Crippen LogP contribution >= 0.6 is 0 Å². The Labute approximate surface area is 142 Å². The predicted molar refractivity (Wildman–Crippen MR) is 92.6 cm³/mol. The number of ether oxygens (including phenoxy) is 1. The van der Waals surface area contributed by atoms with Crippen molar-refractivity contribution in [1.29, 1.82) is 0 Å². The molecule has 1 aliphatic heterocycles. The molecule has 3 rings (SSSR count). The normalized spacial score (nSPS) is 14.6. The minimum Gasteiger partial charge on any atom is -0.480 e. The molecular formula is C18H22N4O2. The number of hydrogen-bond donors (Lipinski definition) is 0. The van der Waals surface area contributed by atoms with Gasteiger partial charge in [-0.1, -0.05) is 12.1 Å². The lowest BCUT2D eigenvalue weighted by Crippen LogP contribution is -2.49.